The van der Waals surface area contributed by atoms with Crippen molar-refractivity contribution in [2.75, 3.05) is 20.3 Å². The molecule has 0 spiro atoms. The van der Waals surface area contributed by atoms with Crippen LogP contribution in [0, 0.1) is 0 Å². The Morgan fingerprint density at radius 3 is 2.75 bits per heavy atom. The summed E-state index contributed by atoms with van der Waals surface area (Å²) in [6.07, 6.45) is 0.780. The summed E-state index contributed by atoms with van der Waals surface area (Å²) < 4.78 is 10.4. The van der Waals surface area contributed by atoms with Gasteiger partial charge in [0.1, 0.15) is 13.6 Å². The van der Waals surface area contributed by atoms with E-state index >= 15 is 0 Å². The van der Waals surface area contributed by atoms with Gasteiger partial charge in [-0.2, -0.15) is 0 Å². The number of carbonyl (C=O) groups excluding carboxylic acids is 1. The van der Waals surface area contributed by atoms with E-state index in [2.05, 4.69) is 0 Å². The number of methoxy groups -OCH3 is 1. The van der Waals surface area contributed by atoms with Crippen LogP contribution in [0.15, 0.2) is 18.2 Å². The lowest BCUT2D eigenvalue weighted by atomic mass is 9.94. The fraction of sp³-hybridized carbons (Fsp3) is 0.417. The second-order valence-electron chi connectivity index (χ2n) is 3.51. The zero-order valence-corrected chi connectivity index (χ0v) is 9.66. The molecule has 0 aliphatic rings. The standard InChI is InChI=1S/C12H15BO3/c1-9(14)11-5-4-10(13)8-12(11)16-7-3-6-15-2/h4-5,8H,3,6-7H2,1-2H3. The SMILES string of the molecule is [B]c1ccc(C(C)=O)c(OCCCOC)c1. The summed E-state index contributed by atoms with van der Waals surface area (Å²) in [5.41, 5.74) is 1.15. The van der Waals surface area contributed by atoms with Gasteiger partial charge < -0.3 is 9.47 Å². The average Bonchev–Trinajstić information content (AvgIpc) is 2.24. The molecule has 0 saturated heterocycles. The molecule has 1 aromatic rings. The number of Topliss-reactive ketones (excluding diaryl/α,β-unsaturated/α-hetero) is 1. The van der Waals surface area contributed by atoms with E-state index in [1.165, 1.54) is 6.92 Å². The van der Waals surface area contributed by atoms with Crippen LogP contribution < -0.4 is 10.2 Å². The third-order valence-electron chi connectivity index (χ3n) is 2.14. The third kappa shape index (κ3) is 3.70. The molecule has 0 amide bonds. The number of ether oxygens (including phenoxy) is 2. The number of hydrogen-bond donors (Lipinski definition) is 0. The molecule has 4 heteroatoms. The molecule has 0 bridgehead atoms. The van der Waals surface area contributed by atoms with E-state index in [4.69, 9.17) is 17.3 Å². The molecule has 3 nitrogen and oxygen atoms in total. The summed E-state index contributed by atoms with van der Waals surface area (Å²) in [5.74, 6) is 0.519. The zero-order chi connectivity index (χ0) is 12.0. The molecule has 16 heavy (non-hydrogen) atoms. The minimum absolute atomic E-state index is 0.0262. The Labute approximate surface area is 97.2 Å². The molecule has 1 aromatic carbocycles. The second-order valence-corrected chi connectivity index (χ2v) is 3.51. The quantitative estimate of drug-likeness (QED) is 0.407. The normalized spacial score (nSPS) is 10.1. The van der Waals surface area contributed by atoms with Gasteiger partial charge in [0.15, 0.2) is 5.78 Å². The number of benzene rings is 1. The summed E-state index contributed by atoms with van der Waals surface area (Å²) in [6.45, 7) is 2.66. The minimum atomic E-state index is -0.0262. The first-order chi connectivity index (χ1) is 7.65. The predicted octanol–water partition coefficient (Wildman–Crippen LogP) is 1.10. The molecule has 1 rings (SSSR count). The van der Waals surface area contributed by atoms with Gasteiger partial charge in [0.25, 0.3) is 0 Å². The van der Waals surface area contributed by atoms with Crippen LogP contribution in [0.3, 0.4) is 0 Å². The fourth-order valence-corrected chi connectivity index (χ4v) is 1.33. The van der Waals surface area contributed by atoms with Crippen molar-refractivity contribution in [3.63, 3.8) is 0 Å². The van der Waals surface area contributed by atoms with Crippen LogP contribution in [-0.2, 0) is 4.74 Å². The Morgan fingerprint density at radius 1 is 1.38 bits per heavy atom. The fourth-order valence-electron chi connectivity index (χ4n) is 1.33. The lowest BCUT2D eigenvalue weighted by molar-refractivity contribution is 0.101. The highest BCUT2D eigenvalue weighted by Gasteiger charge is 2.07. The maximum atomic E-state index is 11.3. The molecule has 84 valence electrons. The zero-order valence-electron chi connectivity index (χ0n) is 9.66. The van der Waals surface area contributed by atoms with Gasteiger partial charge in [0.2, 0.25) is 0 Å². The van der Waals surface area contributed by atoms with E-state index in [1.54, 1.807) is 25.3 Å². The molecule has 0 fully saturated rings. The molecular formula is C12H15BO3. The van der Waals surface area contributed by atoms with Gasteiger partial charge in [-0.15, -0.1) is 0 Å². The molecular weight excluding hydrogens is 203 g/mol. The monoisotopic (exact) mass is 218 g/mol. The highest BCUT2D eigenvalue weighted by Crippen LogP contribution is 2.17. The van der Waals surface area contributed by atoms with Crippen LogP contribution in [0.2, 0.25) is 0 Å². The Balaban J connectivity index is 2.68. The van der Waals surface area contributed by atoms with Crippen molar-refractivity contribution in [1.29, 1.82) is 0 Å². The van der Waals surface area contributed by atoms with Gasteiger partial charge in [0, 0.05) is 20.1 Å². The summed E-state index contributed by atoms with van der Waals surface area (Å²) >= 11 is 0. The van der Waals surface area contributed by atoms with Crippen molar-refractivity contribution in [2.45, 2.75) is 13.3 Å². The molecule has 2 radical (unpaired) electrons. The summed E-state index contributed by atoms with van der Waals surface area (Å²) in [7, 11) is 7.28. The molecule has 0 N–H and O–H groups in total. The summed E-state index contributed by atoms with van der Waals surface area (Å²) in [5, 5.41) is 0. The molecule has 0 atom stereocenters. The number of ketones is 1. The maximum Gasteiger partial charge on any atom is 0.163 e. The van der Waals surface area contributed by atoms with Gasteiger partial charge in [-0.25, -0.2) is 0 Å². The van der Waals surface area contributed by atoms with E-state index in [1.807, 2.05) is 0 Å². The van der Waals surface area contributed by atoms with Crippen molar-refractivity contribution < 1.29 is 14.3 Å². The Morgan fingerprint density at radius 2 is 2.12 bits per heavy atom. The van der Waals surface area contributed by atoms with Crippen molar-refractivity contribution in [3.05, 3.63) is 23.8 Å². The molecule has 0 saturated carbocycles. The lowest BCUT2D eigenvalue weighted by Crippen LogP contribution is -2.09. The van der Waals surface area contributed by atoms with E-state index in [9.17, 15) is 4.79 Å². The van der Waals surface area contributed by atoms with Gasteiger partial charge in [0.05, 0.1) is 12.2 Å². The summed E-state index contributed by atoms with van der Waals surface area (Å²) in [6, 6.07) is 5.05. The van der Waals surface area contributed by atoms with Crippen molar-refractivity contribution in [3.8, 4) is 5.75 Å². The van der Waals surface area contributed by atoms with E-state index in [0.29, 0.717) is 30.0 Å². The largest absolute Gasteiger partial charge is 0.493 e. The number of carbonyl (C=O) groups is 1. The van der Waals surface area contributed by atoms with Crippen molar-refractivity contribution in [2.24, 2.45) is 0 Å². The van der Waals surface area contributed by atoms with Crippen LogP contribution in [-0.4, -0.2) is 34.0 Å². The van der Waals surface area contributed by atoms with Gasteiger partial charge in [-0.3, -0.25) is 4.79 Å². The van der Waals surface area contributed by atoms with Crippen LogP contribution in [0.5, 0.6) is 5.75 Å². The van der Waals surface area contributed by atoms with Gasteiger partial charge in [-0.1, -0.05) is 11.5 Å². The van der Waals surface area contributed by atoms with E-state index in [-0.39, 0.29) is 5.78 Å². The highest BCUT2D eigenvalue weighted by molar-refractivity contribution is 6.32. The first-order valence-electron chi connectivity index (χ1n) is 5.17. The average molecular weight is 218 g/mol. The molecule has 0 aromatic heterocycles. The topological polar surface area (TPSA) is 35.5 Å². The molecule has 0 aliphatic heterocycles. The van der Waals surface area contributed by atoms with Gasteiger partial charge >= 0.3 is 0 Å². The van der Waals surface area contributed by atoms with Crippen LogP contribution in [0.4, 0.5) is 0 Å². The first-order valence-corrected chi connectivity index (χ1v) is 5.17. The van der Waals surface area contributed by atoms with Crippen LogP contribution in [0.1, 0.15) is 23.7 Å². The smallest absolute Gasteiger partial charge is 0.163 e. The summed E-state index contributed by atoms with van der Waals surface area (Å²) in [4.78, 5) is 11.3. The first kappa shape index (κ1) is 12.8. The molecule has 0 unspecified atom stereocenters. The molecule has 0 heterocycles. The van der Waals surface area contributed by atoms with Crippen LogP contribution in [0.25, 0.3) is 0 Å². The molecule has 0 aliphatic carbocycles. The highest BCUT2D eigenvalue weighted by atomic mass is 16.5. The van der Waals surface area contributed by atoms with E-state index < -0.39 is 0 Å². The third-order valence-corrected chi connectivity index (χ3v) is 2.14. The maximum absolute atomic E-state index is 11.3. The number of hydrogen-bond acceptors (Lipinski definition) is 3. The van der Waals surface area contributed by atoms with Gasteiger partial charge in [-0.05, 0) is 19.1 Å². The number of rotatable bonds is 6. The lowest BCUT2D eigenvalue weighted by Gasteiger charge is -2.10. The Hall–Kier alpha value is -1.29. The van der Waals surface area contributed by atoms with Crippen molar-refractivity contribution >= 4 is 19.1 Å². The Kier molecular flexibility index (Phi) is 5.06. The van der Waals surface area contributed by atoms with Crippen LogP contribution >= 0.6 is 0 Å². The van der Waals surface area contributed by atoms with Crippen molar-refractivity contribution in [1.82, 2.24) is 0 Å². The second kappa shape index (κ2) is 6.33. The minimum Gasteiger partial charge on any atom is -0.493 e. The van der Waals surface area contributed by atoms with E-state index in [0.717, 1.165) is 6.42 Å². The predicted molar refractivity (Wildman–Crippen MR) is 63.8 cm³/mol. The Bertz CT molecular complexity index is 363.